The molecule has 1 fully saturated rings. The molecule has 3 aromatic rings. The van der Waals surface area contributed by atoms with E-state index in [4.69, 9.17) is 9.15 Å². The Bertz CT molecular complexity index is 984. The molecule has 6 nitrogen and oxygen atoms in total. The molecule has 6 heteroatoms. The van der Waals surface area contributed by atoms with Crippen molar-refractivity contribution in [2.75, 3.05) is 13.2 Å². The van der Waals surface area contributed by atoms with Crippen LogP contribution in [0.4, 0.5) is 0 Å². The average Bonchev–Trinajstić information content (AvgIpc) is 3.16. The number of carbonyl (C=O) groups is 1. The average molecular weight is 350 g/mol. The van der Waals surface area contributed by atoms with Gasteiger partial charge in [0.15, 0.2) is 6.61 Å². The maximum atomic E-state index is 12.6. The Morgan fingerprint density at radius 2 is 2.00 bits per heavy atom. The van der Waals surface area contributed by atoms with Gasteiger partial charge in [-0.25, -0.2) is 4.79 Å². The number of ether oxygens (including phenoxy) is 1. The molecule has 0 N–H and O–H groups in total. The Morgan fingerprint density at radius 3 is 2.85 bits per heavy atom. The van der Waals surface area contributed by atoms with Crippen LogP contribution in [0.25, 0.3) is 11.0 Å². The predicted octanol–water partition coefficient (Wildman–Crippen LogP) is 2.93. The molecule has 1 aliphatic heterocycles. The smallest absolute Gasteiger partial charge is 0.336 e. The van der Waals surface area contributed by atoms with Crippen LogP contribution in [-0.4, -0.2) is 28.9 Å². The van der Waals surface area contributed by atoms with Crippen molar-refractivity contribution in [2.45, 2.75) is 18.9 Å². The second-order valence-corrected chi connectivity index (χ2v) is 6.27. The van der Waals surface area contributed by atoms with Crippen molar-refractivity contribution in [1.82, 2.24) is 9.88 Å². The predicted molar refractivity (Wildman–Crippen MR) is 95.9 cm³/mol. The molecule has 2 aromatic heterocycles. The lowest BCUT2D eigenvalue weighted by molar-refractivity contribution is -0.134. The van der Waals surface area contributed by atoms with E-state index in [0.29, 0.717) is 11.3 Å². The molecule has 1 atom stereocenters. The van der Waals surface area contributed by atoms with Gasteiger partial charge in [-0.15, -0.1) is 0 Å². The first-order valence-corrected chi connectivity index (χ1v) is 8.57. The first-order valence-electron chi connectivity index (χ1n) is 8.57. The number of amides is 1. The van der Waals surface area contributed by atoms with E-state index in [1.54, 1.807) is 36.7 Å². The topological polar surface area (TPSA) is 72.6 Å². The van der Waals surface area contributed by atoms with Crippen LogP contribution in [0, 0.1) is 0 Å². The summed E-state index contributed by atoms with van der Waals surface area (Å²) >= 11 is 0. The summed E-state index contributed by atoms with van der Waals surface area (Å²) < 4.78 is 10.8. The van der Waals surface area contributed by atoms with E-state index in [2.05, 4.69) is 4.98 Å². The van der Waals surface area contributed by atoms with Gasteiger partial charge in [0.2, 0.25) is 0 Å². The Labute approximate surface area is 150 Å². The second kappa shape index (κ2) is 7.00. The van der Waals surface area contributed by atoms with E-state index in [1.165, 1.54) is 6.07 Å². The van der Waals surface area contributed by atoms with Gasteiger partial charge >= 0.3 is 5.63 Å². The van der Waals surface area contributed by atoms with Crippen LogP contribution < -0.4 is 10.4 Å². The summed E-state index contributed by atoms with van der Waals surface area (Å²) in [6.07, 6.45) is 5.40. The number of rotatable bonds is 4. The number of aromatic nitrogens is 1. The zero-order chi connectivity index (χ0) is 17.9. The monoisotopic (exact) mass is 350 g/mol. The fourth-order valence-corrected chi connectivity index (χ4v) is 3.36. The normalized spacial score (nSPS) is 16.8. The number of fused-ring (bicyclic) bond motifs is 1. The molecule has 0 bridgehead atoms. The van der Waals surface area contributed by atoms with E-state index < -0.39 is 5.63 Å². The van der Waals surface area contributed by atoms with Crippen LogP contribution in [0.5, 0.6) is 5.75 Å². The fraction of sp³-hybridized carbons (Fsp3) is 0.250. The molecular formula is C20H18N2O4. The molecule has 1 amide bonds. The summed E-state index contributed by atoms with van der Waals surface area (Å²) in [6.45, 7) is 0.673. The highest BCUT2D eigenvalue weighted by Crippen LogP contribution is 2.31. The van der Waals surface area contributed by atoms with Crippen LogP contribution in [0.15, 0.2) is 64.1 Å². The van der Waals surface area contributed by atoms with Crippen LogP contribution in [-0.2, 0) is 4.79 Å². The first kappa shape index (κ1) is 16.3. The Balaban J connectivity index is 1.46. The van der Waals surface area contributed by atoms with Gasteiger partial charge in [0, 0.05) is 36.5 Å². The zero-order valence-electron chi connectivity index (χ0n) is 14.1. The molecule has 1 aliphatic rings. The third kappa shape index (κ3) is 3.31. The van der Waals surface area contributed by atoms with Crippen molar-refractivity contribution in [3.8, 4) is 5.75 Å². The molecule has 4 rings (SSSR count). The highest BCUT2D eigenvalue weighted by Gasteiger charge is 2.30. The Hall–Kier alpha value is -3.15. The maximum Gasteiger partial charge on any atom is 0.336 e. The number of hydrogen-bond donors (Lipinski definition) is 0. The van der Waals surface area contributed by atoms with Crippen molar-refractivity contribution < 1.29 is 13.9 Å². The molecule has 1 unspecified atom stereocenters. The lowest BCUT2D eigenvalue weighted by Crippen LogP contribution is -2.34. The van der Waals surface area contributed by atoms with Crippen LogP contribution in [0.1, 0.15) is 24.4 Å². The molecule has 1 saturated heterocycles. The van der Waals surface area contributed by atoms with Crippen molar-refractivity contribution in [3.05, 3.63) is 70.8 Å². The minimum Gasteiger partial charge on any atom is -0.484 e. The number of carbonyl (C=O) groups excluding carboxylic acids is 1. The van der Waals surface area contributed by atoms with Crippen molar-refractivity contribution in [1.29, 1.82) is 0 Å². The van der Waals surface area contributed by atoms with Gasteiger partial charge in [-0.05, 0) is 48.7 Å². The molecule has 1 aromatic carbocycles. The van der Waals surface area contributed by atoms with Crippen LogP contribution in [0.2, 0.25) is 0 Å². The van der Waals surface area contributed by atoms with E-state index >= 15 is 0 Å². The van der Waals surface area contributed by atoms with Gasteiger partial charge in [0.1, 0.15) is 11.3 Å². The molecule has 0 radical (unpaired) electrons. The number of likely N-dealkylation sites (tertiary alicyclic amines) is 1. The summed E-state index contributed by atoms with van der Waals surface area (Å²) in [5.74, 6) is 0.443. The number of hydrogen-bond acceptors (Lipinski definition) is 5. The summed E-state index contributed by atoms with van der Waals surface area (Å²) in [4.78, 5) is 29.9. The molecule has 0 saturated carbocycles. The highest BCUT2D eigenvalue weighted by molar-refractivity contribution is 5.80. The standard InChI is InChI=1S/C20H18N2O4/c23-19(22-11-1-2-17(22)14-7-9-21-10-8-14)13-25-16-5-3-15-4-6-20(24)26-18(15)12-16/h3-10,12,17H,1-2,11,13H2. The number of benzene rings is 1. The minimum absolute atomic E-state index is 0.0514. The quantitative estimate of drug-likeness (QED) is 0.677. The molecule has 0 aliphatic carbocycles. The van der Waals surface area contributed by atoms with E-state index in [9.17, 15) is 9.59 Å². The fourth-order valence-electron chi connectivity index (χ4n) is 3.36. The van der Waals surface area contributed by atoms with Gasteiger partial charge in [-0.1, -0.05) is 0 Å². The second-order valence-electron chi connectivity index (χ2n) is 6.27. The van der Waals surface area contributed by atoms with Gasteiger partial charge in [-0.3, -0.25) is 9.78 Å². The molecule has 0 spiro atoms. The third-order valence-corrected chi connectivity index (χ3v) is 4.62. The number of nitrogens with zero attached hydrogens (tertiary/aromatic N) is 2. The SMILES string of the molecule is O=C(COc1ccc2ccc(=O)oc2c1)N1CCCC1c1ccncc1. The maximum absolute atomic E-state index is 12.6. The summed E-state index contributed by atoms with van der Waals surface area (Å²) in [5, 5.41) is 0.806. The highest BCUT2D eigenvalue weighted by atomic mass is 16.5. The molecule has 26 heavy (non-hydrogen) atoms. The van der Waals surface area contributed by atoms with E-state index in [0.717, 1.165) is 30.3 Å². The minimum atomic E-state index is -0.414. The Kier molecular flexibility index (Phi) is 4.39. The van der Waals surface area contributed by atoms with E-state index in [1.807, 2.05) is 17.0 Å². The van der Waals surface area contributed by atoms with Gasteiger partial charge in [0.05, 0.1) is 6.04 Å². The van der Waals surface area contributed by atoms with Gasteiger partial charge in [0.25, 0.3) is 5.91 Å². The van der Waals surface area contributed by atoms with Crippen molar-refractivity contribution in [2.24, 2.45) is 0 Å². The van der Waals surface area contributed by atoms with Crippen LogP contribution in [0.3, 0.4) is 0 Å². The van der Waals surface area contributed by atoms with Crippen molar-refractivity contribution in [3.63, 3.8) is 0 Å². The molecule has 3 heterocycles. The largest absolute Gasteiger partial charge is 0.484 e. The van der Waals surface area contributed by atoms with Crippen LogP contribution >= 0.6 is 0 Å². The number of pyridine rings is 1. The first-order chi connectivity index (χ1) is 12.7. The third-order valence-electron chi connectivity index (χ3n) is 4.62. The molecular weight excluding hydrogens is 332 g/mol. The van der Waals surface area contributed by atoms with Gasteiger partial charge < -0.3 is 14.1 Å². The zero-order valence-corrected chi connectivity index (χ0v) is 14.1. The summed E-state index contributed by atoms with van der Waals surface area (Å²) in [6, 6.07) is 12.2. The lowest BCUT2D eigenvalue weighted by Gasteiger charge is -2.25. The lowest BCUT2D eigenvalue weighted by atomic mass is 10.1. The Morgan fingerprint density at radius 1 is 1.19 bits per heavy atom. The van der Waals surface area contributed by atoms with Gasteiger partial charge in [-0.2, -0.15) is 0 Å². The van der Waals surface area contributed by atoms with Crippen molar-refractivity contribution >= 4 is 16.9 Å². The van der Waals surface area contributed by atoms with E-state index in [-0.39, 0.29) is 18.6 Å². The molecule has 132 valence electrons. The summed E-state index contributed by atoms with van der Waals surface area (Å²) in [5.41, 5.74) is 1.12. The summed E-state index contributed by atoms with van der Waals surface area (Å²) in [7, 11) is 0.